The number of aliphatic hydroxyl groups is 1. The summed E-state index contributed by atoms with van der Waals surface area (Å²) in [4.78, 5) is 11.6. The van der Waals surface area contributed by atoms with Gasteiger partial charge in [-0.1, -0.05) is 13.3 Å². The molecule has 3 heteroatoms. The van der Waals surface area contributed by atoms with E-state index >= 15 is 0 Å². The van der Waals surface area contributed by atoms with E-state index in [-0.39, 0.29) is 18.1 Å². The molecule has 3 nitrogen and oxygen atoms in total. The third-order valence-electron chi connectivity index (χ3n) is 4.53. The van der Waals surface area contributed by atoms with E-state index in [1.807, 2.05) is 0 Å². The Morgan fingerprint density at radius 3 is 2.94 bits per heavy atom. The van der Waals surface area contributed by atoms with E-state index in [1.54, 1.807) is 0 Å². The van der Waals surface area contributed by atoms with Crippen molar-refractivity contribution in [3.63, 3.8) is 0 Å². The maximum atomic E-state index is 11.6. The minimum absolute atomic E-state index is 0.0733. The average molecular weight is 225 g/mol. The minimum Gasteiger partial charge on any atom is -0.396 e. The number of piperidine rings is 1. The number of nitrogens with one attached hydrogen (secondary N) is 1. The Morgan fingerprint density at radius 1 is 1.50 bits per heavy atom. The molecule has 1 aliphatic carbocycles. The molecule has 2 N–H and O–H groups in total. The molecule has 0 aromatic rings. The molecular weight excluding hydrogens is 202 g/mol. The van der Waals surface area contributed by atoms with Crippen molar-refractivity contribution in [2.75, 3.05) is 6.61 Å². The van der Waals surface area contributed by atoms with Crippen LogP contribution in [0.1, 0.15) is 51.9 Å². The van der Waals surface area contributed by atoms with Crippen LogP contribution in [0.15, 0.2) is 0 Å². The van der Waals surface area contributed by atoms with Crippen molar-refractivity contribution in [2.24, 2.45) is 11.8 Å². The minimum atomic E-state index is 0.0733. The molecule has 0 unspecified atom stereocenters. The topological polar surface area (TPSA) is 49.3 Å². The maximum Gasteiger partial charge on any atom is 0.220 e. The Morgan fingerprint density at radius 2 is 2.25 bits per heavy atom. The molecule has 1 aliphatic heterocycles. The lowest BCUT2D eigenvalue weighted by Crippen LogP contribution is -2.55. The van der Waals surface area contributed by atoms with Crippen molar-refractivity contribution >= 4 is 5.91 Å². The molecule has 0 aromatic carbocycles. The zero-order valence-electron chi connectivity index (χ0n) is 10.2. The highest BCUT2D eigenvalue weighted by Crippen LogP contribution is 2.45. The van der Waals surface area contributed by atoms with E-state index in [4.69, 9.17) is 5.11 Å². The highest BCUT2D eigenvalue weighted by Gasteiger charge is 2.46. The molecule has 0 radical (unpaired) electrons. The summed E-state index contributed by atoms with van der Waals surface area (Å²) >= 11 is 0. The van der Waals surface area contributed by atoms with Crippen LogP contribution in [0.2, 0.25) is 0 Å². The summed E-state index contributed by atoms with van der Waals surface area (Å²) in [7, 11) is 0. The summed E-state index contributed by atoms with van der Waals surface area (Å²) in [6.45, 7) is 2.48. The maximum absolute atomic E-state index is 11.6. The molecule has 0 bridgehead atoms. The number of aliphatic hydroxyl groups excluding tert-OH is 1. The van der Waals surface area contributed by atoms with Crippen LogP contribution in [0.4, 0.5) is 0 Å². The molecule has 2 fully saturated rings. The zero-order valence-corrected chi connectivity index (χ0v) is 10.2. The van der Waals surface area contributed by atoms with Crippen molar-refractivity contribution < 1.29 is 9.90 Å². The Balaban J connectivity index is 2.09. The standard InChI is InChI=1S/C13H23NO2/c1-10(6-9-15)11-4-2-7-13(11)8-3-5-12(16)14-13/h10-11,15H,2-9H2,1H3,(H,14,16)/t10-,11-,13-/m1/s1. The monoisotopic (exact) mass is 225 g/mol. The highest BCUT2D eigenvalue weighted by atomic mass is 16.3. The van der Waals surface area contributed by atoms with Crippen molar-refractivity contribution in [1.29, 1.82) is 0 Å². The van der Waals surface area contributed by atoms with Crippen LogP contribution >= 0.6 is 0 Å². The molecule has 1 heterocycles. The van der Waals surface area contributed by atoms with Crippen molar-refractivity contribution in [1.82, 2.24) is 5.32 Å². The average Bonchev–Trinajstić information content (AvgIpc) is 2.61. The number of amides is 1. The van der Waals surface area contributed by atoms with Gasteiger partial charge in [0.1, 0.15) is 0 Å². The molecule has 1 saturated heterocycles. The van der Waals surface area contributed by atoms with Crippen LogP contribution in [0.25, 0.3) is 0 Å². The first-order chi connectivity index (χ1) is 7.68. The van der Waals surface area contributed by atoms with E-state index < -0.39 is 0 Å². The first-order valence-corrected chi connectivity index (χ1v) is 6.60. The lowest BCUT2D eigenvalue weighted by molar-refractivity contribution is -0.126. The molecular formula is C13H23NO2. The lowest BCUT2D eigenvalue weighted by Gasteiger charge is -2.42. The lowest BCUT2D eigenvalue weighted by atomic mass is 9.73. The zero-order chi connectivity index (χ0) is 11.6. The number of hydrogen-bond acceptors (Lipinski definition) is 2. The van der Waals surface area contributed by atoms with E-state index in [1.165, 1.54) is 12.8 Å². The molecule has 1 spiro atoms. The number of hydrogen-bond donors (Lipinski definition) is 2. The van der Waals surface area contributed by atoms with Crippen molar-refractivity contribution in [2.45, 2.75) is 57.4 Å². The van der Waals surface area contributed by atoms with Crippen LogP contribution in [-0.4, -0.2) is 23.2 Å². The van der Waals surface area contributed by atoms with E-state index in [0.29, 0.717) is 18.3 Å². The van der Waals surface area contributed by atoms with Crippen LogP contribution in [-0.2, 0) is 4.79 Å². The molecule has 92 valence electrons. The summed E-state index contributed by atoms with van der Waals surface area (Å²) in [5.74, 6) is 1.32. The van der Waals surface area contributed by atoms with Gasteiger partial charge in [0.05, 0.1) is 0 Å². The second-order valence-electron chi connectivity index (χ2n) is 5.55. The van der Waals surface area contributed by atoms with Gasteiger partial charge in [-0.3, -0.25) is 4.79 Å². The van der Waals surface area contributed by atoms with Gasteiger partial charge in [-0.25, -0.2) is 0 Å². The molecule has 0 aromatic heterocycles. The van der Waals surface area contributed by atoms with Gasteiger partial charge in [0.15, 0.2) is 0 Å². The number of carbonyl (C=O) groups excluding carboxylic acids is 1. The summed E-state index contributed by atoms with van der Waals surface area (Å²) in [5, 5.41) is 12.3. The van der Waals surface area contributed by atoms with Gasteiger partial charge >= 0.3 is 0 Å². The number of carbonyl (C=O) groups is 1. The first-order valence-electron chi connectivity index (χ1n) is 6.60. The van der Waals surface area contributed by atoms with Gasteiger partial charge in [0.2, 0.25) is 5.91 Å². The van der Waals surface area contributed by atoms with E-state index in [0.717, 1.165) is 25.7 Å². The molecule has 1 amide bonds. The van der Waals surface area contributed by atoms with Crippen LogP contribution in [0.3, 0.4) is 0 Å². The Bertz CT molecular complexity index is 267. The molecule has 16 heavy (non-hydrogen) atoms. The summed E-state index contributed by atoms with van der Waals surface area (Å²) in [6.07, 6.45) is 7.31. The predicted octanol–water partition coefficient (Wildman–Crippen LogP) is 1.84. The second kappa shape index (κ2) is 4.74. The third-order valence-corrected chi connectivity index (χ3v) is 4.53. The Hall–Kier alpha value is -0.570. The third kappa shape index (κ3) is 2.10. The van der Waals surface area contributed by atoms with Crippen LogP contribution < -0.4 is 5.32 Å². The highest BCUT2D eigenvalue weighted by molar-refractivity contribution is 5.77. The predicted molar refractivity (Wildman–Crippen MR) is 62.9 cm³/mol. The molecule has 2 aliphatic rings. The molecule has 1 saturated carbocycles. The number of rotatable bonds is 3. The Labute approximate surface area is 97.6 Å². The van der Waals surface area contributed by atoms with Gasteiger partial charge in [0, 0.05) is 18.6 Å². The molecule has 3 atom stereocenters. The van der Waals surface area contributed by atoms with Gasteiger partial charge in [-0.2, -0.15) is 0 Å². The molecule has 2 rings (SSSR count). The Kier molecular flexibility index (Phi) is 3.53. The van der Waals surface area contributed by atoms with Gasteiger partial charge in [0.25, 0.3) is 0 Å². The fraction of sp³-hybridized carbons (Fsp3) is 0.923. The smallest absolute Gasteiger partial charge is 0.220 e. The summed E-state index contributed by atoms with van der Waals surface area (Å²) < 4.78 is 0. The summed E-state index contributed by atoms with van der Waals surface area (Å²) in [6, 6.07) is 0. The normalized spacial score (nSPS) is 36.4. The fourth-order valence-corrected chi connectivity index (χ4v) is 3.77. The fourth-order valence-electron chi connectivity index (χ4n) is 3.77. The second-order valence-corrected chi connectivity index (χ2v) is 5.55. The first kappa shape index (κ1) is 11.9. The van der Waals surface area contributed by atoms with Gasteiger partial charge < -0.3 is 10.4 Å². The summed E-state index contributed by atoms with van der Waals surface area (Å²) in [5.41, 5.74) is 0.0733. The van der Waals surface area contributed by atoms with Crippen LogP contribution in [0, 0.1) is 11.8 Å². The van der Waals surface area contributed by atoms with Crippen LogP contribution in [0.5, 0.6) is 0 Å². The van der Waals surface area contributed by atoms with Crippen molar-refractivity contribution in [3.05, 3.63) is 0 Å². The van der Waals surface area contributed by atoms with Gasteiger partial charge in [-0.15, -0.1) is 0 Å². The largest absolute Gasteiger partial charge is 0.396 e. The quantitative estimate of drug-likeness (QED) is 0.770. The SMILES string of the molecule is C[C@H](CCO)[C@H]1CCC[C@@]12CCCC(=O)N2. The van der Waals surface area contributed by atoms with Gasteiger partial charge in [-0.05, 0) is 43.9 Å². The van der Waals surface area contributed by atoms with E-state index in [9.17, 15) is 4.79 Å². The van der Waals surface area contributed by atoms with E-state index in [2.05, 4.69) is 12.2 Å². The van der Waals surface area contributed by atoms with Crippen molar-refractivity contribution in [3.8, 4) is 0 Å².